The summed E-state index contributed by atoms with van der Waals surface area (Å²) in [5, 5.41) is 20.4. The lowest BCUT2D eigenvalue weighted by atomic mass is 9.67. The highest BCUT2D eigenvalue weighted by atomic mass is 16.3. The van der Waals surface area contributed by atoms with Crippen molar-refractivity contribution in [3.8, 4) is 6.07 Å². The molecule has 1 spiro atoms. The van der Waals surface area contributed by atoms with Gasteiger partial charge < -0.3 is 10.0 Å². The van der Waals surface area contributed by atoms with Crippen LogP contribution in [0.4, 0.5) is 10.5 Å². The molecule has 3 aliphatic rings. The Hall–Kier alpha value is -2.88. The van der Waals surface area contributed by atoms with Gasteiger partial charge in [0.2, 0.25) is 0 Å². The van der Waals surface area contributed by atoms with Crippen LogP contribution in [0, 0.1) is 11.3 Å². The molecule has 1 aliphatic heterocycles. The lowest BCUT2D eigenvalue weighted by Gasteiger charge is -2.52. The number of rotatable bonds is 5. The van der Waals surface area contributed by atoms with Crippen LogP contribution in [0.1, 0.15) is 56.1 Å². The third-order valence-corrected chi connectivity index (χ3v) is 8.69. The van der Waals surface area contributed by atoms with Crippen LogP contribution < -0.4 is 4.90 Å². The maximum atomic E-state index is 13.8. The van der Waals surface area contributed by atoms with E-state index >= 15 is 0 Å². The molecule has 0 bridgehead atoms. The Morgan fingerprint density at radius 3 is 2.29 bits per heavy atom. The van der Waals surface area contributed by atoms with Crippen molar-refractivity contribution in [2.75, 3.05) is 32.1 Å². The summed E-state index contributed by atoms with van der Waals surface area (Å²) in [6, 6.07) is 20.1. The van der Waals surface area contributed by atoms with Crippen LogP contribution in [-0.2, 0) is 5.54 Å². The standard InChI is InChI=1S/C28H34N4O2/c1-30(2)28(23-9-4-3-5-10-23)16-14-26(15-17-28)20-31(24-11-6-8-22(18-24)19-29)25(33)32(26)21-27(34)12-7-13-27/h3-6,8-11,18,34H,7,12-17,20-21H2,1-2H3/t26-,28+. The van der Waals surface area contributed by atoms with Crippen LogP contribution in [0.2, 0.25) is 0 Å². The number of hydrogen-bond donors (Lipinski definition) is 1. The zero-order valence-electron chi connectivity index (χ0n) is 20.2. The smallest absolute Gasteiger partial charge is 0.325 e. The molecular weight excluding hydrogens is 424 g/mol. The van der Waals surface area contributed by atoms with E-state index in [1.54, 1.807) is 12.1 Å². The zero-order valence-corrected chi connectivity index (χ0v) is 20.2. The van der Waals surface area contributed by atoms with Gasteiger partial charge in [-0.15, -0.1) is 0 Å². The van der Waals surface area contributed by atoms with Gasteiger partial charge in [-0.2, -0.15) is 5.26 Å². The Kier molecular flexibility index (Phi) is 5.66. The molecule has 6 nitrogen and oxygen atoms in total. The highest BCUT2D eigenvalue weighted by Gasteiger charge is 2.56. The molecule has 1 saturated heterocycles. The maximum Gasteiger partial charge on any atom is 0.325 e. The Morgan fingerprint density at radius 2 is 1.71 bits per heavy atom. The zero-order chi connectivity index (χ0) is 24.0. The van der Waals surface area contributed by atoms with Crippen LogP contribution in [0.5, 0.6) is 0 Å². The number of β-amino-alcohol motifs (C(OH)–C–C–N with tert-alkyl or cyclic N) is 1. The second-order valence-electron chi connectivity index (χ2n) is 10.7. The van der Waals surface area contributed by atoms with Crippen LogP contribution >= 0.6 is 0 Å². The molecule has 3 fully saturated rings. The summed E-state index contributed by atoms with van der Waals surface area (Å²) >= 11 is 0. The van der Waals surface area contributed by atoms with Gasteiger partial charge in [-0.25, -0.2) is 4.79 Å². The molecule has 178 valence electrons. The van der Waals surface area contributed by atoms with Gasteiger partial charge in [0, 0.05) is 11.2 Å². The molecule has 2 aliphatic carbocycles. The summed E-state index contributed by atoms with van der Waals surface area (Å²) in [5.41, 5.74) is 1.47. The van der Waals surface area contributed by atoms with Crippen molar-refractivity contribution in [3.05, 3.63) is 65.7 Å². The first-order valence-corrected chi connectivity index (χ1v) is 12.4. The average molecular weight is 459 g/mol. The van der Waals surface area contributed by atoms with E-state index in [9.17, 15) is 15.2 Å². The first kappa shape index (κ1) is 22.9. The predicted molar refractivity (Wildman–Crippen MR) is 132 cm³/mol. The van der Waals surface area contributed by atoms with E-state index in [4.69, 9.17) is 0 Å². The number of aliphatic hydroxyl groups is 1. The lowest BCUT2D eigenvalue weighted by Crippen LogP contribution is -2.59. The molecule has 0 atom stereocenters. The third kappa shape index (κ3) is 3.68. The van der Waals surface area contributed by atoms with Gasteiger partial charge in [0.1, 0.15) is 0 Å². The molecule has 0 radical (unpaired) electrons. The SMILES string of the molecule is CN(C)[C@]1(c2ccccc2)CC[C@]2(CC1)CN(c1cccc(C#N)c1)C(=O)N2CC1(O)CCC1. The summed E-state index contributed by atoms with van der Waals surface area (Å²) < 4.78 is 0. The lowest BCUT2D eigenvalue weighted by molar-refractivity contribution is -0.0725. The number of carbonyl (C=O) groups excluding carboxylic acids is 1. The van der Waals surface area contributed by atoms with Crippen molar-refractivity contribution in [2.45, 2.75) is 61.6 Å². The van der Waals surface area contributed by atoms with Crippen LogP contribution in [-0.4, -0.2) is 59.3 Å². The van der Waals surface area contributed by atoms with Gasteiger partial charge in [0.05, 0.1) is 35.9 Å². The predicted octanol–water partition coefficient (Wildman–Crippen LogP) is 4.49. The van der Waals surface area contributed by atoms with E-state index in [-0.39, 0.29) is 17.1 Å². The Morgan fingerprint density at radius 1 is 1.00 bits per heavy atom. The van der Waals surface area contributed by atoms with Gasteiger partial charge in [-0.05, 0) is 82.8 Å². The molecular formula is C28H34N4O2. The Bertz CT molecular complexity index is 1090. The largest absolute Gasteiger partial charge is 0.388 e. The number of urea groups is 1. The molecule has 0 aromatic heterocycles. The molecule has 6 heteroatoms. The van der Waals surface area contributed by atoms with E-state index in [0.717, 1.165) is 50.6 Å². The second kappa shape index (κ2) is 8.41. The summed E-state index contributed by atoms with van der Waals surface area (Å²) in [5.74, 6) is 0. The molecule has 2 amide bonds. The summed E-state index contributed by atoms with van der Waals surface area (Å²) in [6.45, 7) is 0.982. The minimum absolute atomic E-state index is 0.0486. The fourth-order valence-corrected chi connectivity index (χ4v) is 6.31. The van der Waals surface area contributed by atoms with E-state index in [1.165, 1.54) is 5.56 Å². The maximum absolute atomic E-state index is 13.8. The topological polar surface area (TPSA) is 70.8 Å². The number of hydrogen-bond acceptors (Lipinski definition) is 4. The van der Waals surface area contributed by atoms with Gasteiger partial charge in [0.25, 0.3) is 0 Å². The number of nitrogens with zero attached hydrogens (tertiary/aromatic N) is 4. The van der Waals surface area contributed by atoms with Crippen LogP contribution in [0.25, 0.3) is 0 Å². The van der Waals surface area contributed by atoms with Gasteiger partial charge >= 0.3 is 6.03 Å². The quantitative estimate of drug-likeness (QED) is 0.717. The molecule has 0 unspecified atom stereocenters. The van der Waals surface area contributed by atoms with Crippen molar-refractivity contribution in [1.82, 2.24) is 9.80 Å². The minimum Gasteiger partial charge on any atom is -0.388 e. The highest BCUT2D eigenvalue weighted by molar-refractivity contribution is 5.95. The monoisotopic (exact) mass is 458 g/mol. The summed E-state index contributed by atoms with van der Waals surface area (Å²) in [7, 11) is 4.30. The first-order chi connectivity index (χ1) is 16.3. The van der Waals surface area contributed by atoms with Gasteiger partial charge in [-0.1, -0.05) is 36.4 Å². The summed E-state index contributed by atoms with van der Waals surface area (Å²) in [6.07, 6.45) is 6.14. The number of anilines is 1. The third-order valence-electron chi connectivity index (χ3n) is 8.69. The van der Waals surface area contributed by atoms with Crippen molar-refractivity contribution < 1.29 is 9.90 Å². The molecule has 34 heavy (non-hydrogen) atoms. The highest BCUT2D eigenvalue weighted by Crippen LogP contribution is 2.50. The van der Waals surface area contributed by atoms with Crippen LogP contribution in [0.15, 0.2) is 54.6 Å². The fourth-order valence-electron chi connectivity index (χ4n) is 6.31. The molecule has 2 saturated carbocycles. The second-order valence-corrected chi connectivity index (χ2v) is 10.7. The Labute approximate surface area is 202 Å². The van der Waals surface area contributed by atoms with E-state index < -0.39 is 5.60 Å². The Balaban J connectivity index is 1.48. The van der Waals surface area contributed by atoms with Crippen molar-refractivity contribution in [3.63, 3.8) is 0 Å². The van der Waals surface area contributed by atoms with Crippen molar-refractivity contribution >= 4 is 11.7 Å². The molecule has 2 aromatic rings. The minimum atomic E-state index is -0.775. The number of benzene rings is 2. The molecule has 5 rings (SSSR count). The fraction of sp³-hybridized carbons (Fsp3) is 0.500. The molecule has 2 aromatic carbocycles. The molecule has 1 heterocycles. The van der Waals surface area contributed by atoms with E-state index in [2.05, 4.69) is 55.4 Å². The van der Waals surface area contributed by atoms with Crippen LogP contribution in [0.3, 0.4) is 0 Å². The summed E-state index contributed by atoms with van der Waals surface area (Å²) in [4.78, 5) is 20.0. The number of nitriles is 1. The average Bonchev–Trinajstić information content (AvgIpc) is 3.10. The van der Waals surface area contributed by atoms with Crippen molar-refractivity contribution in [2.24, 2.45) is 0 Å². The molecule has 1 N–H and O–H groups in total. The number of carbonyl (C=O) groups is 1. The van der Waals surface area contributed by atoms with Gasteiger partial charge in [-0.3, -0.25) is 9.80 Å². The van der Waals surface area contributed by atoms with E-state index in [1.807, 2.05) is 21.9 Å². The van der Waals surface area contributed by atoms with Gasteiger partial charge in [0.15, 0.2) is 0 Å². The number of amides is 2. The van der Waals surface area contributed by atoms with E-state index in [0.29, 0.717) is 18.7 Å². The van der Waals surface area contributed by atoms with Crippen molar-refractivity contribution in [1.29, 1.82) is 5.26 Å². The first-order valence-electron chi connectivity index (χ1n) is 12.4. The normalized spacial score (nSPS) is 28.3.